The van der Waals surface area contributed by atoms with Gasteiger partial charge in [-0.05, 0) is 50.3 Å². The van der Waals surface area contributed by atoms with Crippen LogP contribution in [-0.2, 0) is 0 Å². The Balaban J connectivity index is 1.51. The van der Waals surface area contributed by atoms with Crippen molar-refractivity contribution in [2.24, 2.45) is 0 Å². The number of hydrogen-bond donors (Lipinski definition) is 3. The zero-order chi connectivity index (χ0) is 19.0. The molecular weight excluding hydrogens is 344 g/mol. The number of aromatic amines is 2. The standard InChI is InChI=1S/C20H26N4O3/c1-12-8-15-16(4-3-7-27-17(15)9-13(12)2)21-14-5-6-24(11-14)18-10-19(25)23-20(26)22-18/h8-10,14,16,21H,3-7,11H2,1-2H3,(H2,22,23,25,26)/t14-,16?/m0/s1. The Labute approximate surface area is 157 Å². The van der Waals surface area contributed by atoms with E-state index in [9.17, 15) is 9.59 Å². The SMILES string of the molecule is Cc1cc2c(cc1C)C(N[C@H]1CCN(c3cc(=O)[nH]c(=O)[nH]3)C1)CCCO2. The molecule has 0 amide bonds. The van der Waals surface area contributed by atoms with E-state index in [2.05, 4.69) is 46.2 Å². The molecule has 1 saturated heterocycles. The first kappa shape index (κ1) is 17.9. The van der Waals surface area contributed by atoms with Crippen molar-refractivity contribution in [1.82, 2.24) is 15.3 Å². The van der Waals surface area contributed by atoms with E-state index in [0.29, 0.717) is 11.9 Å². The van der Waals surface area contributed by atoms with Gasteiger partial charge in [0.2, 0.25) is 0 Å². The number of H-pyrrole nitrogens is 2. The van der Waals surface area contributed by atoms with Gasteiger partial charge in [0, 0.05) is 36.8 Å². The number of aryl methyl sites for hydroxylation is 2. The molecule has 1 fully saturated rings. The van der Waals surface area contributed by atoms with Gasteiger partial charge in [-0.3, -0.25) is 14.8 Å². The van der Waals surface area contributed by atoms with E-state index in [4.69, 9.17) is 4.74 Å². The summed E-state index contributed by atoms with van der Waals surface area (Å²) < 4.78 is 5.97. The normalized spacial score (nSPS) is 22.2. The molecule has 3 heterocycles. The van der Waals surface area contributed by atoms with Gasteiger partial charge in [-0.15, -0.1) is 0 Å². The Kier molecular flexibility index (Phi) is 4.78. The topological polar surface area (TPSA) is 90.2 Å². The lowest BCUT2D eigenvalue weighted by Crippen LogP contribution is -2.36. The van der Waals surface area contributed by atoms with Gasteiger partial charge in [0.15, 0.2) is 0 Å². The van der Waals surface area contributed by atoms with Crippen molar-refractivity contribution in [3.63, 3.8) is 0 Å². The molecule has 0 bridgehead atoms. The van der Waals surface area contributed by atoms with Gasteiger partial charge >= 0.3 is 5.69 Å². The van der Waals surface area contributed by atoms with Crippen molar-refractivity contribution in [3.8, 4) is 5.75 Å². The van der Waals surface area contributed by atoms with Gasteiger partial charge in [-0.25, -0.2) is 4.79 Å². The molecule has 3 N–H and O–H groups in total. The van der Waals surface area contributed by atoms with Crippen LogP contribution < -0.4 is 26.2 Å². The van der Waals surface area contributed by atoms with Crippen LogP contribution in [0.5, 0.6) is 5.75 Å². The van der Waals surface area contributed by atoms with Crippen LogP contribution in [0.2, 0.25) is 0 Å². The molecule has 27 heavy (non-hydrogen) atoms. The first-order valence-electron chi connectivity index (χ1n) is 9.58. The number of hydrogen-bond acceptors (Lipinski definition) is 5. The van der Waals surface area contributed by atoms with E-state index in [0.717, 1.165) is 44.7 Å². The number of nitrogens with one attached hydrogen (secondary N) is 3. The van der Waals surface area contributed by atoms with Crippen LogP contribution in [0.15, 0.2) is 27.8 Å². The summed E-state index contributed by atoms with van der Waals surface area (Å²) >= 11 is 0. The van der Waals surface area contributed by atoms with E-state index in [1.807, 2.05) is 0 Å². The van der Waals surface area contributed by atoms with Gasteiger partial charge in [0.05, 0.1) is 6.61 Å². The fraction of sp³-hybridized carbons (Fsp3) is 0.500. The molecule has 2 aromatic rings. The van der Waals surface area contributed by atoms with Gasteiger partial charge < -0.3 is 15.0 Å². The zero-order valence-electron chi connectivity index (χ0n) is 15.8. The van der Waals surface area contributed by atoms with Crippen molar-refractivity contribution < 1.29 is 4.74 Å². The summed E-state index contributed by atoms with van der Waals surface area (Å²) in [7, 11) is 0. The smallest absolute Gasteiger partial charge is 0.327 e. The number of ether oxygens (including phenoxy) is 1. The largest absolute Gasteiger partial charge is 0.493 e. The molecule has 4 rings (SSSR count). The molecule has 1 aromatic heterocycles. The number of aromatic nitrogens is 2. The summed E-state index contributed by atoms with van der Waals surface area (Å²) in [5.41, 5.74) is 2.93. The minimum Gasteiger partial charge on any atom is -0.493 e. The van der Waals surface area contributed by atoms with Crippen LogP contribution in [0.1, 0.15) is 42.0 Å². The Hall–Kier alpha value is -2.54. The summed E-state index contributed by atoms with van der Waals surface area (Å²) in [6.07, 6.45) is 3.02. The van der Waals surface area contributed by atoms with E-state index in [-0.39, 0.29) is 11.6 Å². The molecule has 2 atom stereocenters. The van der Waals surface area contributed by atoms with E-state index in [1.54, 1.807) is 0 Å². The number of nitrogens with zero attached hydrogens (tertiary/aromatic N) is 1. The van der Waals surface area contributed by atoms with Crippen molar-refractivity contribution in [2.75, 3.05) is 24.6 Å². The molecule has 1 unspecified atom stereocenters. The fourth-order valence-electron chi connectivity index (χ4n) is 4.03. The Morgan fingerprint density at radius 3 is 2.74 bits per heavy atom. The highest BCUT2D eigenvalue weighted by atomic mass is 16.5. The predicted octanol–water partition coefficient (Wildman–Crippen LogP) is 1.76. The second-order valence-corrected chi connectivity index (χ2v) is 7.59. The van der Waals surface area contributed by atoms with Crippen LogP contribution in [0.25, 0.3) is 0 Å². The van der Waals surface area contributed by atoms with Gasteiger partial charge in [-0.2, -0.15) is 0 Å². The summed E-state index contributed by atoms with van der Waals surface area (Å²) in [5, 5.41) is 3.79. The average molecular weight is 370 g/mol. The quantitative estimate of drug-likeness (QED) is 0.766. The molecular formula is C20H26N4O3. The van der Waals surface area contributed by atoms with Crippen molar-refractivity contribution >= 4 is 5.82 Å². The molecule has 2 aliphatic heterocycles. The van der Waals surface area contributed by atoms with Crippen LogP contribution in [-0.4, -0.2) is 35.7 Å². The van der Waals surface area contributed by atoms with Crippen LogP contribution >= 0.6 is 0 Å². The summed E-state index contributed by atoms with van der Waals surface area (Å²) in [6, 6.07) is 6.39. The average Bonchev–Trinajstić information content (AvgIpc) is 3.00. The van der Waals surface area contributed by atoms with E-state index < -0.39 is 5.69 Å². The number of benzene rings is 1. The molecule has 0 radical (unpaired) electrons. The molecule has 7 heteroatoms. The van der Waals surface area contributed by atoms with Crippen LogP contribution in [0.4, 0.5) is 5.82 Å². The second kappa shape index (κ2) is 7.23. The molecule has 2 aliphatic rings. The maximum absolute atomic E-state index is 11.6. The third-order valence-electron chi connectivity index (χ3n) is 5.61. The van der Waals surface area contributed by atoms with Crippen LogP contribution in [0.3, 0.4) is 0 Å². The van der Waals surface area contributed by atoms with Crippen molar-refractivity contribution in [2.45, 2.75) is 45.2 Å². The zero-order valence-corrected chi connectivity index (χ0v) is 15.8. The summed E-state index contributed by atoms with van der Waals surface area (Å²) in [5.74, 6) is 1.57. The Morgan fingerprint density at radius 2 is 1.93 bits per heavy atom. The third-order valence-corrected chi connectivity index (χ3v) is 5.61. The molecule has 1 aromatic carbocycles. The minimum atomic E-state index is -0.463. The predicted molar refractivity (Wildman–Crippen MR) is 105 cm³/mol. The van der Waals surface area contributed by atoms with Gasteiger partial charge in [0.25, 0.3) is 5.56 Å². The van der Waals surface area contributed by atoms with E-state index >= 15 is 0 Å². The molecule has 0 aliphatic carbocycles. The van der Waals surface area contributed by atoms with Gasteiger partial charge in [0.1, 0.15) is 11.6 Å². The molecule has 0 spiro atoms. The molecule has 7 nitrogen and oxygen atoms in total. The van der Waals surface area contributed by atoms with Gasteiger partial charge in [-0.1, -0.05) is 6.07 Å². The maximum atomic E-state index is 11.6. The lowest BCUT2D eigenvalue weighted by Gasteiger charge is -2.24. The lowest BCUT2D eigenvalue weighted by molar-refractivity contribution is 0.314. The minimum absolute atomic E-state index is 0.255. The number of fused-ring (bicyclic) bond motifs is 1. The van der Waals surface area contributed by atoms with Crippen molar-refractivity contribution in [1.29, 1.82) is 0 Å². The highest BCUT2D eigenvalue weighted by Gasteiger charge is 2.28. The Morgan fingerprint density at radius 1 is 1.11 bits per heavy atom. The first-order valence-corrected chi connectivity index (χ1v) is 9.58. The summed E-state index contributed by atoms with van der Waals surface area (Å²) in [6.45, 7) is 6.57. The molecule has 0 saturated carbocycles. The second-order valence-electron chi connectivity index (χ2n) is 7.59. The monoisotopic (exact) mass is 370 g/mol. The first-order chi connectivity index (χ1) is 13.0. The number of rotatable bonds is 3. The van der Waals surface area contributed by atoms with Crippen molar-refractivity contribution in [3.05, 3.63) is 55.7 Å². The van der Waals surface area contributed by atoms with E-state index in [1.165, 1.54) is 22.8 Å². The maximum Gasteiger partial charge on any atom is 0.327 e. The fourth-order valence-corrected chi connectivity index (χ4v) is 4.03. The lowest BCUT2D eigenvalue weighted by atomic mass is 9.96. The Bertz CT molecular complexity index is 921. The number of anilines is 1. The highest BCUT2D eigenvalue weighted by molar-refractivity contribution is 5.44. The highest BCUT2D eigenvalue weighted by Crippen LogP contribution is 2.34. The summed E-state index contributed by atoms with van der Waals surface area (Å²) in [4.78, 5) is 30.1. The van der Waals surface area contributed by atoms with Crippen LogP contribution in [0, 0.1) is 13.8 Å². The molecule has 144 valence electrons. The third kappa shape index (κ3) is 3.78.